The minimum Gasteiger partial charge on any atom is -0.392 e. The van der Waals surface area contributed by atoms with E-state index in [1.165, 1.54) is 0 Å². The highest BCUT2D eigenvalue weighted by Gasteiger charge is 2.29. The average molecular weight is 189 g/mol. The predicted molar refractivity (Wildman–Crippen MR) is 54.6 cm³/mol. The summed E-state index contributed by atoms with van der Waals surface area (Å²) in [5.74, 6) is 0.221. The van der Waals surface area contributed by atoms with Gasteiger partial charge in [-0.15, -0.1) is 0 Å². The van der Waals surface area contributed by atoms with Gasteiger partial charge in [0.1, 0.15) is 0 Å². The van der Waals surface area contributed by atoms with Crippen molar-refractivity contribution in [3.8, 4) is 0 Å². The fourth-order valence-electron chi connectivity index (χ4n) is 1.43. The second-order valence-electron chi connectivity index (χ2n) is 4.08. The number of hydrogen-bond acceptors (Lipinski definition) is 3. The van der Waals surface area contributed by atoms with Crippen molar-refractivity contribution in [2.75, 3.05) is 13.6 Å². The largest absolute Gasteiger partial charge is 0.392 e. The lowest BCUT2D eigenvalue weighted by Crippen LogP contribution is -2.39. The van der Waals surface area contributed by atoms with Crippen molar-refractivity contribution in [1.29, 1.82) is 0 Å². The molecule has 3 N–H and O–H groups in total. The molecule has 0 aromatic heterocycles. The second-order valence-corrected chi connectivity index (χ2v) is 4.08. The lowest BCUT2D eigenvalue weighted by molar-refractivity contribution is -0.0364. The molecule has 0 amide bonds. The van der Waals surface area contributed by atoms with Gasteiger partial charge < -0.3 is 15.5 Å². The van der Waals surface area contributed by atoms with Gasteiger partial charge in [0.25, 0.3) is 0 Å². The van der Waals surface area contributed by atoms with Crippen LogP contribution < -0.4 is 5.32 Å². The summed E-state index contributed by atoms with van der Waals surface area (Å²) in [4.78, 5) is 0. The molecule has 0 aromatic rings. The Kier molecular flexibility index (Phi) is 5.53. The van der Waals surface area contributed by atoms with E-state index in [4.69, 9.17) is 0 Å². The molecule has 3 nitrogen and oxygen atoms in total. The third-order valence-corrected chi connectivity index (χ3v) is 2.76. The van der Waals surface area contributed by atoms with Gasteiger partial charge >= 0.3 is 0 Å². The molecular formula is C10H23NO2. The summed E-state index contributed by atoms with van der Waals surface area (Å²) in [5, 5.41) is 22.4. The number of aliphatic hydroxyl groups excluding tert-OH is 1. The Balaban J connectivity index is 3.99. The van der Waals surface area contributed by atoms with Gasteiger partial charge in [-0.1, -0.05) is 20.3 Å². The molecule has 0 saturated carbocycles. The average Bonchev–Trinajstić information content (AvgIpc) is 2.02. The van der Waals surface area contributed by atoms with Crippen LogP contribution in [0.15, 0.2) is 0 Å². The van der Waals surface area contributed by atoms with Crippen molar-refractivity contribution in [3.63, 3.8) is 0 Å². The van der Waals surface area contributed by atoms with Gasteiger partial charge in [-0.25, -0.2) is 0 Å². The molecule has 0 aliphatic rings. The minimum atomic E-state index is -0.759. The Morgan fingerprint density at radius 3 is 2.38 bits per heavy atom. The molecule has 0 radical (unpaired) electrons. The standard InChI is InChI=1S/C10H23NO2/c1-5-8(2)10(3,13)6-9(12)7-11-4/h8-9,11-13H,5-7H2,1-4H3/t8-,9-,10-/m0/s1. The van der Waals surface area contributed by atoms with E-state index in [0.717, 1.165) is 6.42 Å². The molecular weight excluding hydrogens is 166 g/mol. The van der Waals surface area contributed by atoms with E-state index >= 15 is 0 Å². The van der Waals surface area contributed by atoms with E-state index in [1.807, 2.05) is 13.8 Å². The van der Waals surface area contributed by atoms with Crippen molar-refractivity contribution < 1.29 is 10.2 Å². The molecule has 0 aliphatic heterocycles. The SMILES string of the molecule is CC[C@H](C)[C@@](C)(O)C[C@H](O)CNC. The van der Waals surface area contributed by atoms with Crippen molar-refractivity contribution in [2.24, 2.45) is 5.92 Å². The van der Waals surface area contributed by atoms with Crippen LogP contribution in [-0.2, 0) is 0 Å². The summed E-state index contributed by atoms with van der Waals surface area (Å²) < 4.78 is 0. The van der Waals surface area contributed by atoms with Crippen LogP contribution in [0.2, 0.25) is 0 Å². The van der Waals surface area contributed by atoms with Crippen LogP contribution in [0.1, 0.15) is 33.6 Å². The van der Waals surface area contributed by atoms with E-state index in [-0.39, 0.29) is 5.92 Å². The van der Waals surface area contributed by atoms with Crippen molar-refractivity contribution in [3.05, 3.63) is 0 Å². The molecule has 0 heterocycles. The highest BCUT2D eigenvalue weighted by Crippen LogP contribution is 2.24. The van der Waals surface area contributed by atoms with Crippen LogP contribution in [-0.4, -0.2) is 35.5 Å². The van der Waals surface area contributed by atoms with Gasteiger partial charge in [-0.3, -0.25) is 0 Å². The molecule has 0 spiro atoms. The van der Waals surface area contributed by atoms with Gasteiger partial charge in [0, 0.05) is 13.0 Å². The molecule has 0 aliphatic carbocycles. The lowest BCUT2D eigenvalue weighted by Gasteiger charge is -2.31. The monoisotopic (exact) mass is 189 g/mol. The van der Waals surface area contributed by atoms with Crippen LogP contribution in [0.5, 0.6) is 0 Å². The first-order valence-corrected chi connectivity index (χ1v) is 4.99. The van der Waals surface area contributed by atoms with E-state index in [2.05, 4.69) is 5.32 Å². The topological polar surface area (TPSA) is 52.5 Å². The molecule has 3 atom stereocenters. The fourth-order valence-corrected chi connectivity index (χ4v) is 1.43. The van der Waals surface area contributed by atoms with Crippen molar-refractivity contribution in [1.82, 2.24) is 5.32 Å². The number of rotatable bonds is 6. The highest BCUT2D eigenvalue weighted by molar-refractivity contribution is 4.81. The van der Waals surface area contributed by atoms with Crippen molar-refractivity contribution in [2.45, 2.75) is 45.3 Å². The zero-order valence-corrected chi connectivity index (χ0v) is 9.17. The number of aliphatic hydroxyl groups is 2. The summed E-state index contributed by atoms with van der Waals surface area (Å²) in [6.07, 6.45) is 0.899. The van der Waals surface area contributed by atoms with Crippen LogP contribution >= 0.6 is 0 Å². The second kappa shape index (κ2) is 5.58. The van der Waals surface area contributed by atoms with Crippen LogP contribution in [0.4, 0.5) is 0 Å². The Bertz CT molecular complexity index is 137. The number of likely N-dealkylation sites (N-methyl/N-ethyl adjacent to an activating group) is 1. The molecule has 0 saturated heterocycles. The Morgan fingerprint density at radius 2 is 2.00 bits per heavy atom. The Morgan fingerprint density at radius 1 is 1.46 bits per heavy atom. The lowest BCUT2D eigenvalue weighted by atomic mass is 9.84. The fraction of sp³-hybridized carbons (Fsp3) is 1.00. The third kappa shape index (κ3) is 4.60. The van der Waals surface area contributed by atoms with Crippen LogP contribution in [0.25, 0.3) is 0 Å². The molecule has 3 heteroatoms. The maximum Gasteiger partial charge on any atom is 0.0691 e. The maximum absolute atomic E-state index is 9.99. The zero-order chi connectivity index (χ0) is 10.5. The Labute approximate surface area is 81.2 Å². The van der Waals surface area contributed by atoms with E-state index < -0.39 is 11.7 Å². The molecule has 13 heavy (non-hydrogen) atoms. The van der Waals surface area contributed by atoms with Crippen molar-refractivity contribution >= 4 is 0 Å². The maximum atomic E-state index is 9.99. The van der Waals surface area contributed by atoms with E-state index in [0.29, 0.717) is 13.0 Å². The normalized spacial score (nSPS) is 20.8. The Hall–Kier alpha value is -0.120. The summed E-state index contributed by atoms with van der Waals surface area (Å²) in [7, 11) is 1.79. The predicted octanol–water partition coefficient (Wildman–Crippen LogP) is 0.754. The summed E-state index contributed by atoms with van der Waals surface area (Å²) in [6.45, 7) is 6.38. The quantitative estimate of drug-likeness (QED) is 0.578. The molecule has 0 rings (SSSR count). The molecule has 80 valence electrons. The summed E-state index contributed by atoms with van der Waals surface area (Å²) in [6, 6.07) is 0. The molecule has 0 aromatic carbocycles. The van der Waals surface area contributed by atoms with Gasteiger partial charge in [-0.05, 0) is 19.9 Å². The highest BCUT2D eigenvalue weighted by atomic mass is 16.3. The molecule has 0 unspecified atom stereocenters. The third-order valence-electron chi connectivity index (χ3n) is 2.76. The first-order chi connectivity index (χ1) is 5.94. The van der Waals surface area contributed by atoms with E-state index in [1.54, 1.807) is 14.0 Å². The first kappa shape index (κ1) is 12.9. The summed E-state index contributed by atoms with van der Waals surface area (Å²) in [5.41, 5.74) is -0.759. The van der Waals surface area contributed by atoms with Gasteiger partial charge in [0.15, 0.2) is 0 Å². The first-order valence-electron chi connectivity index (χ1n) is 4.99. The van der Waals surface area contributed by atoms with Gasteiger partial charge in [-0.2, -0.15) is 0 Å². The minimum absolute atomic E-state index is 0.221. The van der Waals surface area contributed by atoms with Gasteiger partial charge in [0.2, 0.25) is 0 Å². The number of nitrogens with one attached hydrogen (secondary N) is 1. The summed E-state index contributed by atoms with van der Waals surface area (Å²) >= 11 is 0. The smallest absolute Gasteiger partial charge is 0.0691 e. The number of hydrogen-bond donors (Lipinski definition) is 3. The van der Waals surface area contributed by atoms with Crippen LogP contribution in [0, 0.1) is 5.92 Å². The van der Waals surface area contributed by atoms with E-state index in [9.17, 15) is 10.2 Å². The molecule has 0 bridgehead atoms. The van der Waals surface area contributed by atoms with Crippen LogP contribution in [0.3, 0.4) is 0 Å². The molecule has 0 fully saturated rings. The zero-order valence-electron chi connectivity index (χ0n) is 9.17. The van der Waals surface area contributed by atoms with Gasteiger partial charge in [0.05, 0.1) is 11.7 Å².